The van der Waals surface area contributed by atoms with E-state index in [1.165, 1.54) is 0 Å². The highest BCUT2D eigenvalue weighted by Gasteiger charge is 2.22. The predicted molar refractivity (Wildman–Crippen MR) is 61.5 cm³/mol. The van der Waals surface area contributed by atoms with Gasteiger partial charge in [0, 0.05) is 18.6 Å². The van der Waals surface area contributed by atoms with E-state index in [0.29, 0.717) is 6.42 Å². The van der Waals surface area contributed by atoms with E-state index in [0.717, 1.165) is 30.8 Å². The molecule has 1 aliphatic rings. The maximum atomic E-state index is 10.1. The highest BCUT2D eigenvalue weighted by molar-refractivity contribution is 5.34. The summed E-state index contributed by atoms with van der Waals surface area (Å²) in [5.41, 5.74) is 0.848. The zero-order chi connectivity index (χ0) is 11.4. The normalized spacial score (nSPS) is 22.0. The van der Waals surface area contributed by atoms with Gasteiger partial charge in [0.2, 0.25) is 0 Å². The van der Waals surface area contributed by atoms with Crippen LogP contribution in [0, 0.1) is 0 Å². The van der Waals surface area contributed by atoms with Crippen molar-refractivity contribution in [3.63, 3.8) is 0 Å². The molecule has 0 saturated carbocycles. The molecule has 0 radical (unpaired) electrons. The Morgan fingerprint density at radius 1 is 1.50 bits per heavy atom. The highest BCUT2D eigenvalue weighted by Crippen LogP contribution is 2.30. The quantitative estimate of drug-likeness (QED) is 0.849. The first-order chi connectivity index (χ1) is 7.81. The van der Waals surface area contributed by atoms with Crippen LogP contribution < -0.4 is 4.74 Å². The minimum Gasteiger partial charge on any atom is -0.496 e. The Morgan fingerprint density at radius 3 is 3.00 bits per heavy atom. The average molecular weight is 222 g/mol. The second kappa shape index (κ2) is 5.32. The molecule has 1 aromatic carbocycles. The van der Waals surface area contributed by atoms with Crippen LogP contribution in [0.1, 0.15) is 30.9 Å². The topological polar surface area (TPSA) is 38.7 Å². The lowest BCUT2D eigenvalue weighted by atomic mass is 10.0. The summed E-state index contributed by atoms with van der Waals surface area (Å²) >= 11 is 0. The van der Waals surface area contributed by atoms with E-state index in [4.69, 9.17) is 9.47 Å². The van der Waals surface area contributed by atoms with Gasteiger partial charge in [0.25, 0.3) is 0 Å². The van der Waals surface area contributed by atoms with Crippen molar-refractivity contribution in [3.8, 4) is 5.75 Å². The van der Waals surface area contributed by atoms with Crippen molar-refractivity contribution >= 4 is 0 Å². The van der Waals surface area contributed by atoms with E-state index >= 15 is 0 Å². The number of methoxy groups -OCH3 is 1. The maximum absolute atomic E-state index is 10.1. The molecule has 0 bridgehead atoms. The van der Waals surface area contributed by atoms with Gasteiger partial charge in [-0.1, -0.05) is 18.2 Å². The fraction of sp³-hybridized carbons (Fsp3) is 0.538. The first kappa shape index (κ1) is 11.4. The van der Waals surface area contributed by atoms with Crippen LogP contribution in [0.4, 0.5) is 0 Å². The molecule has 88 valence electrons. The van der Waals surface area contributed by atoms with Gasteiger partial charge in [0.1, 0.15) is 5.75 Å². The summed E-state index contributed by atoms with van der Waals surface area (Å²) in [5.74, 6) is 0.744. The lowest BCUT2D eigenvalue weighted by Gasteiger charge is -2.17. The molecule has 0 spiro atoms. The van der Waals surface area contributed by atoms with Crippen molar-refractivity contribution in [3.05, 3.63) is 29.8 Å². The van der Waals surface area contributed by atoms with E-state index in [1.54, 1.807) is 7.11 Å². The summed E-state index contributed by atoms with van der Waals surface area (Å²) in [5, 5.41) is 10.1. The summed E-state index contributed by atoms with van der Waals surface area (Å²) in [6.45, 7) is 0.823. The molecule has 1 N–H and O–H groups in total. The summed E-state index contributed by atoms with van der Waals surface area (Å²) in [6.07, 6.45) is 2.50. The molecule has 3 heteroatoms. The standard InChI is InChI=1S/C13H18O3/c1-15-13-7-3-2-6-11(13)12(14)9-10-5-4-8-16-10/h2-3,6-7,10,12,14H,4-5,8-9H2,1H3. The van der Waals surface area contributed by atoms with Crippen molar-refractivity contribution < 1.29 is 14.6 Å². The maximum Gasteiger partial charge on any atom is 0.124 e. The number of ether oxygens (including phenoxy) is 2. The number of para-hydroxylation sites is 1. The van der Waals surface area contributed by atoms with Crippen LogP contribution >= 0.6 is 0 Å². The van der Waals surface area contributed by atoms with Crippen LogP contribution in [0.25, 0.3) is 0 Å². The predicted octanol–water partition coefficient (Wildman–Crippen LogP) is 2.30. The van der Waals surface area contributed by atoms with Gasteiger partial charge < -0.3 is 14.6 Å². The zero-order valence-electron chi connectivity index (χ0n) is 9.56. The number of benzene rings is 1. The number of hydrogen-bond acceptors (Lipinski definition) is 3. The molecule has 16 heavy (non-hydrogen) atoms. The minimum absolute atomic E-state index is 0.194. The monoisotopic (exact) mass is 222 g/mol. The van der Waals surface area contributed by atoms with E-state index in [9.17, 15) is 5.11 Å². The van der Waals surface area contributed by atoms with Crippen LogP contribution in [-0.2, 0) is 4.74 Å². The van der Waals surface area contributed by atoms with Crippen LogP contribution in [0.3, 0.4) is 0 Å². The molecule has 1 aliphatic heterocycles. The highest BCUT2D eigenvalue weighted by atomic mass is 16.5. The molecular formula is C13H18O3. The third kappa shape index (κ3) is 2.54. The summed E-state index contributed by atoms with van der Waals surface area (Å²) in [6, 6.07) is 7.59. The van der Waals surface area contributed by atoms with Crippen molar-refractivity contribution in [2.24, 2.45) is 0 Å². The number of aliphatic hydroxyl groups is 1. The fourth-order valence-corrected chi connectivity index (χ4v) is 2.15. The molecule has 2 rings (SSSR count). The van der Waals surface area contributed by atoms with Crippen molar-refractivity contribution in [2.45, 2.75) is 31.5 Å². The van der Waals surface area contributed by atoms with Crippen LogP contribution in [0.15, 0.2) is 24.3 Å². The lowest BCUT2D eigenvalue weighted by molar-refractivity contribution is 0.0526. The van der Waals surface area contributed by atoms with Gasteiger partial charge in [-0.2, -0.15) is 0 Å². The molecule has 0 amide bonds. The molecule has 0 aliphatic carbocycles. The first-order valence-corrected chi connectivity index (χ1v) is 5.74. The van der Waals surface area contributed by atoms with Gasteiger partial charge in [-0.15, -0.1) is 0 Å². The van der Waals surface area contributed by atoms with Crippen molar-refractivity contribution in [1.82, 2.24) is 0 Å². The third-order valence-electron chi connectivity index (χ3n) is 3.01. The third-order valence-corrected chi connectivity index (χ3v) is 3.01. The SMILES string of the molecule is COc1ccccc1C(O)CC1CCCO1. The Balaban J connectivity index is 2.04. The summed E-state index contributed by atoms with van der Waals surface area (Å²) < 4.78 is 10.7. The summed E-state index contributed by atoms with van der Waals surface area (Å²) in [7, 11) is 1.62. The van der Waals surface area contributed by atoms with Gasteiger partial charge in [-0.3, -0.25) is 0 Å². The van der Waals surface area contributed by atoms with Gasteiger partial charge in [0.15, 0.2) is 0 Å². The molecule has 1 heterocycles. The Labute approximate surface area is 96.0 Å². The second-order valence-corrected chi connectivity index (χ2v) is 4.13. The smallest absolute Gasteiger partial charge is 0.124 e. The Hall–Kier alpha value is -1.06. The molecular weight excluding hydrogens is 204 g/mol. The number of aliphatic hydroxyl groups excluding tert-OH is 1. The number of rotatable bonds is 4. The molecule has 3 nitrogen and oxygen atoms in total. The van der Waals surface area contributed by atoms with Crippen LogP contribution in [0.2, 0.25) is 0 Å². The van der Waals surface area contributed by atoms with Crippen molar-refractivity contribution in [1.29, 1.82) is 0 Å². The first-order valence-electron chi connectivity index (χ1n) is 5.74. The largest absolute Gasteiger partial charge is 0.496 e. The van der Waals surface area contributed by atoms with Crippen molar-refractivity contribution in [2.75, 3.05) is 13.7 Å². The molecule has 1 fully saturated rings. The average Bonchev–Trinajstić information content (AvgIpc) is 2.81. The van der Waals surface area contributed by atoms with E-state index in [1.807, 2.05) is 24.3 Å². The summed E-state index contributed by atoms with van der Waals surface area (Å²) in [4.78, 5) is 0. The minimum atomic E-state index is -0.501. The van der Waals surface area contributed by atoms with E-state index in [-0.39, 0.29) is 6.10 Å². The second-order valence-electron chi connectivity index (χ2n) is 4.13. The van der Waals surface area contributed by atoms with Crippen LogP contribution in [-0.4, -0.2) is 24.9 Å². The Bertz CT molecular complexity index is 332. The molecule has 1 saturated heterocycles. The van der Waals surface area contributed by atoms with Gasteiger partial charge in [-0.05, 0) is 18.9 Å². The zero-order valence-corrected chi connectivity index (χ0v) is 9.56. The van der Waals surface area contributed by atoms with E-state index in [2.05, 4.69) is 0 Å². The van der Waals surface area contributed by atoms with Gasteiger partial charge in [-0.25, -0.2) is 0 Å². The van der Waals surface area contributed by atoms with E-state index < -0.39 is 6.10 Å². The molecule has 2 unspecified atom stereocenters. The van der Waals surface area contributed by atoms with Gasteiger partial charge in [0.05, 0.1) is 19.3 Å². The molecule has 1 aromatic rings. The number of hydrogen-bond donors (Lipinski definition) is 1. The Morgan fingerprint density at radius 2 is 2.31 bits per heavy atom. The molecule has 0 aromatic heterocycles. The fourth-order valence-electron chi connectivity index (χ4n) is 2.15. The lowest BCUT2D eigenvalue weighted by Crippen LogP contribution is -2.11. The molecule has 2 atom stereocenters. The van der Waals surface area contributed by atoms with Gasteiger partial charge >= 0.3 is 0 Å². The van der Waals surface area contributed by atoms with Crippen LogP contribution in [0.5, 0.6) is 5.75 Å². The Kier molecular flexibility index (Phi) is 3.80.